The molecule has 1 aromatic carbocycles. The zero-order valence-corrected chi connectivity index (χ0v) is 7.15. The summed E-state index contributed by atoms with van der Waals surface area (Å²) in [5, 5.41) is 0.581. The molecule has 0 saturated heterocycles. The van der Waals surface area contributed by atoms with E-state index in [2.05, 4.69) is 12.6 Å². The van der Waals surface area contributed by atoms with Crippen LogP contribution in [0.15, 0.2) is 17.0 Å². The van der Waals surface area contributed by atoms with Gasteiger partial charge in [0.2, 0.25) is 6.79 Å². The second-order valence-corrected chi connectivity index (χ2v) is 3.05. The minimum atomic E-state index is 0.267. The first kappa shape index (κ1) is 7.13. The van der Waals surface area contributed by atoms with Crippen molar-refractivity contribution in [3.05, 3.63) is 17.2 Å². The standard InChI is InChI=1S/C7H5ClO2S/c8-4-1-5-6(2-7(4)11)10-3-9-5/h1-2,11H,3H2. The fourth-order valence-corrected chi connectivity index (χ4v) is 1.24. The number of hydrogen-bond donors (Lipinski definition) is 1. The Hall–Kier alpha value is -0.540. The summed E-state index contributed by atoms with van der Waals surface area (Å²) in [5.74, 6) is 1.40. The third-order valence-electron chi connectivity index (χ3n) is 1.44. The van der Waals surface area contributed by atoms with Gasteiger partial charge in [0, 0.05) is 11.0 Å². The lowest BCUT2D eigenvalue weighted by Gasteiger charge is -1.98. The van der Waals surface area contributed by atoms with Crippen molar-refractivity contribution in [1.82, 2.24) is 0 Å². The lowest BCUT2D eigenvalue weighted by Crippen LogP contribution is -1.92. The van der Waals surface area contributed by atoms with E-state index in [-0.39, 0.29) is 6.79 Å². The zero-order chi connectivity index (χ0) is 7.84. The first-order valence-corrected chi connectivity index (χ1v) is 3.88. The molecule has 0 radical (unpaired) electrons. The number of hydrogen-bond acceptors (Lipinski definition) is 3. The zero-order valence-electron chi connectivity index (χ0n) is 5.50. The summed E-state index contributed by atoms with van der Waals surface area (Å²) in [4.78, 5) is 0.705. The summed E-state index contributed by atoms with van der Waals surface area (Å²) in [7, 11) is 0. The van der Waals surface area contributed by atoms with Gasteiger partial charge < -0.3 is 9.47 Å². The van der Waals surface area contributed by atoms with Crippen LogP contribution >= 0.6 is 24.2 Å². The van der Waals surface area contributed by atoms with Gasteiger partial charge in [-0.25, -0.2) is 0 Å². The highest BCUT2D eigenvalue weighted by Crippen LogP contribution is 2.37. The molecule has 0 aliphatic carbocycles. The summed E-state index contributed by atoms with van der Waals surface area (Å²) in [6.45, 7) is 0.267. The molecule has 0 N–H and O–H groups in total. The molecule has 11 heavy (non-hydrogen) atoms. The normalized spacial score (nSPS) is 13.6. The van der Waals surface area contributed by atoms with Crippen molar-refractivity contribution < 1.29 is 9.47 Å². The molecule has 1 aliphatic rings. The third-order valence-corrected chi connectivity index (χ3v) is 2.26. The minimum Gasteiger partial charge on any atom is -0.454 e. The largest absolute Gasteiger partial charge is 0.454 e. The van der Waals surface area contributed by atoms with E-state index in [9.17, 15) is 0 Å². The Balaban J connectivity index is 2.57. The average Bonchev–Trinajstić information content (AvgIpc) is 2.36. The van der Waals surface area contributed by atoms with Crippen molar-refractivity contribution >= 4 is 24.2 Å². The quantitative estimate of drug-likeness (QED) is 0.631. The maximum absolute atomic E-state index is 5.78. The van der Waals surface area contributed by atoms with E-state index < -0.39 is 0 Å². The molecular formula is C7H5ClO2S. The molecule has 0 fully saturated rings. The molecule has 2 nitrogen and oxygen atoms in total. The second kappa shape index (κ2) is 2.50. The molecule has 0 unspecified atom stereocenters. The Kier molecular flexibility index (Phi) is 1.62. The molecule has 1 aliphatic heterocycles. The average molecular weight is 189 g/mol. The van der Waals surface area contributed by atoms with E-state index in [1.54, 1.807) is 12.1 Å². The van der Waals surface area contributed by atoms with Crippen LogP contribution in [0.25, 0.3) is 0 Å². The second-order valence-electron chi connectivity index (χ2n) is 2.16. The highest BCUT2D eigenvalue weighted by molar-refractivity contribution is 7.80. The van der Waals surface area contributed by atoms with Gasteiger partial charge in [-0.05, 0) is 6.07 Å². The molecule has 1 heterocycles. The van der Waals surface area contributed by atoms with Crippen LogP contribution in [0.4, 0.5) is 0 Å². The molecule has 0 amide bonds. The van der Waals surface area contributed by atoms with Gasteiger partial charge in [-0.3, -0.25) is 0 Å². The highest BCUT2D eigenvalue weighted by Gasteiger charge is 2.14. The van der Waals surface area contributed by atoms with E-state index in [1.807, 2.05) is 0 Å². The van der Waals surface area contributed by atoms with Crippen LogP contribution in [0, 0.1) is 0 Å². The van der Waals surface area contributed by atoms with Crippen LogP contribution in [0.2, 0.25) is 5.02 Å². The van der Waals surface area contributed by atoms with Crippen LogP contribution < -0.4 is 9.47 Å². The van der Waals surface area contributed by atoms with Gasteiger partial charge in [-0.2, -0.15) is 0 Å². The molecule has 2 rings (SSSR count). The number of thiol groups is 1. The Bertz CT molecular complexity index is 272. The number of ether oxygens (including phenoxy) is 2. The first-order chi connectivity index (χ1) is 5.27. The van der Waals surface area contributed by atoms with Crippen molar-refractivity contribution in [2.45, 2.75) is 4.90 Å². The molecule has 0 saturated carbocycles. The molecule has 0 spiro atoms. The Morgan fingerprint density at radius 3 is 2.64 bits per heavy atom. The number of rotatable bonds is 0. The van der Waals surface area contributed by atoms with Gasteiger partial charge in [0.05, 0.1) is 5.02 Å². The van der Waals surface area contributed by atoms with Gasteiger partial charge >= 0.3 is 0 Å². The van der Waals surface area contributed by atoms with Crippen LogP contribution in [0.3, 0.4) is 0 Å². The summed E-state index contributed by atoms with van der Waals surface area (Å²) in [5.41, 5.74) is 0. The van der Waals surface area contributed by atoms with Gasteiger partial charge in [-0.1, -0.05) is 11.6 Å². The molecule has 1 aromatic rings. The van der Waals surface area contributed by atoms with Gasteiger partial charge in [-0.15, -0.1) is 12.6 Å². The van der Waals surface area contributed by atoms with E-state index in [4.69, 9.17) is 21.1 Å². The van der Waals surface area contributed by atoms with Crippen molar-refractivity contribution in [3.8, 4) is 11.5 Å². The number of benzene rings is 1. The number of fused-ring (bicyclic) bond motifs is 1. The van der Waals surface area contributed by atoms with Crippen LogP contribution in [-0.4, -0.2) is 6.79 Å². The summed E-state index contributed by atoms with van der Waals surface area (Å²) < 4.78 is 10.2. The maximum atomic E-state index is 5.78. The molecular weight excluding hydrogens is 184 g/mol. The van der Waals surface area contributed by atoms with Crippen molar-refractivity contribution in [2.75, 3.05) is 6.79 Å². The maximum Gasteiger partial charge on any atom is 0.231 e. The SMILES string of the molecule is Sc1cc2c(cc1Cl)OCO2. The predicted octanol–water partition coefficient (Wildman–Crippen LogP) is 2.36. The van der Waals surface area contributed by atoms with E-state index in [0.717, 1.165) is 0 Å². The summed E-state index contributed by atoms with van der Waals surface area (Å²) in [6, 6.07) is 3.44. The lowest BCUT2D eigenvalue weighted by molar-refractivity contribution is 0.174. The monoisotopic (exact) mass is 188 g/mol. The molecule has 4 heteroatoms. The fourth-order valence-electron chi connectivity index (χ4n) is 0.906. The van der Waals surface area contributed by atoms with Crippen molar-refractivity contribution in [3.63, 3.8) is 0 Å². The van der Waals surface area contributed by atoms with Crippen LogP contribution in [0.1, 0.15) is 0 Å². The van der Waals surface area contributed by atoms with Crippen molar-refractivity contribution in [1.29, 1.82) is 0 Å². The van der Waals surface area contributed by atoms with Crippen molar-refractivity contribution in [2.24, 2.45) is 0 Å². The molecule has 58 valence electrons. The third kappa shape index (κ3) is 1.14. The predicted molar refractivity (Wildman–Crippen MR) is 44.8 cm³/mol. The van der Waals surface area contributed by atoms with Crippen LogP contribution in [0.5, 0.6) is 11.5 Å². The number of halogens is 1. The van der Waals surface area contributed by atoms with Gasteiger partial charge in [0.25, 0.3) is 0 Å². The Labute approximate surface area is 74.5 Å². The first-order valence-electron chi connectivity index (χ1n) is 3.05. The van der Waals surface area contributed by atoms with Gasteiger partial charge in [0.15, 0.2) is 11.5 Å². The topological polar surface area (TPSA) is 18.5 Å². The fraction of sp³-hybridized carbons (Fsp3) is 0.143. The van der Waals surface area contributed by atoms with E-state index >= 15 is 0 Å². The smallest absolute Gasteiger partial charge is 0.231 e. The van der Waals surface area contributed by atoms with E-state index in [1.165, 1.54) is 0 Å². The Morgan fingerprint density at radius 1 is 1.27 bits per heavy atom. The molecule has 0 bridgehead atoms. The highest BCUT2D eigenvalue weighted by atomic mass is 35.5. The van der Waals surface area contributed by atoms with E-state index in [0.29, 0.717) is 21.4 Å². The minimum absolute atomic E-state index is 0.267. The molecule has 0 atom stereocenters. The molecule has 0 aromatic heterocycles. The summed E-state index contributed by atoms with van der Waals surface area (Å²) in [6.07, 6.45) is 0. The Morgan fingerprint density at radius 2 is 1.91 bits per heavy atom. The summed E-state index contributed by atoms with van der Waals surface area (Å²) >= 11 is 9.91. The lowest BCUT2D eigenvalue weighted by atomic mass is 10.3. The van der Waals surface area contributed by atoms with Crippen LogP contribution in [-0.2, 0) is 0 Å². The van der Waals surface area contributed by atoms with Gasteiger partial charge in [0.1, 0.15) is 0 Å².